The van der Waals surface area contributed by atoms with E-state index in [-0.39, 0.29) is 17.6 Å². The molecule has 2 amide bonds. The van der Waals surface area contributed by atoms with Crippen LogP contribution in [0.25, 0.3) is 6.08 Å². The lowest BCUT2D eigenvalue weighted by Gasteiger charge is -2.17. The quantitative estimate of drug-likeness (QED) is 0.442. The number of halogens is 2. The zero-order chi connectivity index (χ0) is 23.1. The van der Waals surface area contributed by atoms with Crippen LogP contribution in [0.3, 0.4) is 0 Å². The first kappa shape index (κ1) is 23.1. The molecule has 6 nitrogen and oxygen atoms in total. The second kappa shape index (κ2) is 10.6. The molecule has 3 rings (SSSR count). The van der Waals surface area contributed by atoms with E-state index in [4.69, 9.17) is 0 Å². The molecule has 0 saturated carbocycles. The average molecular weight is 458 g/mol. The Labute approximate surface area is 188 Å². The summed E-state index contributed by atoms with van der Waals surface area (Å²) in [5.74, 6) is -0.354. The molecule has 0 N–H and O–H groups in total. The van der Waals surface area contributed by atoms with Crippen LogP contribution in [-0.2, 0) is 16.1 Å². The summed E-state index contributed by atoms with van der Waals surface area (Å²) in [7, 11) is 1.63. The zero-order valence-electron chi connectivity index (χ0n) is 17.4. The minimum Gasteiger partial charge on any atom is -0.435 e. The number of benzene rings is 2. The number of anilines is 2. The van der Waals surface area contributed by atoms with Gasteiger partial charge in [-0.2, -0.15) is 8.78 Å². The van der Waals surface area contributed by atoms with Gasteiger partial charge in [0.25, 0.3) is 0 Å². The summed E-state index contributed by atoms with van der Waals surface area (Å²) < 4.78 is 28.8. The van der Waals surface area contributed by atoms with Gasteiger partial charge in [-0.3, -0.25) is 14.5 Å². The van der Waals surface area contributed by atoms with Crippen molar-refractivity contribution >= 4 is 40.0 Å². The van der Waals surface area contributed by atoms with Crippen molar-refractivity contribution in [3.8, 4) is 5.75 Å². The summed E-state index contributed by atoms with van der Waals surface area (Å²) in [4.78, 5) is 32.0. The van der Waals surface area contributed by atoms with Crippen LogP contribution in [0.15, 0.2) is 66.1 Å². The Balaban J connectivity index is 1.63. The van der Waals surface area contributed by atoms with Gasteiger partial charge < -0.3 is 9.64 Å². The highest BCUT2D eigenvalue weighted by molar-refractivity contribution is 7.14. The Morgan fingerprint density at radius 2 is 1.81 bits per heavy atom. The second-order valence-electron chi connectivity index (χ2n) is 6.80. The number of amides is 2. The van der Waals surface area contributed by atoms with E-state index >= 15 is 0 Å². The summed E-state index contributed by atoms with van der Waals surface area (Å²) in [6.45, 7) is -1.11. The van der Waals surface area contributed by atoms with E-state index in [0.717, 1.165) is 5.56 Å². The minimum atomic E-state index is -2.88. The maximum atomic E-state index is 12.4. The Morgan fingerprint density at radius 3 is 2.44 bits per heavy atom. The third-order valence-electron chi connectivity index (χ3n) is 4.37. The molecular weight excluding hydrogens is 436 g/mol. The van der Waals surface area contributed by atoms with E-state index in [0.29, 0.717) is 23.1 Å². The van der Waals surface area contributed by atoms with Gasteiger partial charge in [0.05, 0.1) is 11.4 Å². The molecule has 3 aromatic rings. The van der Waals surface area contributed by atoms with Crippen LogP contribution in [0.2, 0.25) is 0 Å². The van der Waals surface area contributed by atoms with E-state index in [2.05, 4.69) is 9.72 Å². The number of hydrogen-bond donors (Lipinski definition) is 0. The first-order valence-electron chi connectivity index (χ1n) is 9.61. The molecule has 0 fully saturated rings. The molecular formula is C23H21F2N3O3S. The first-order valence-corrected chi connectivity index (χ1v) is 10.5. The highest BCUT2D eigenvalue weighted by Gasteiger charge is 2.17. The monoisotopic (exact) mass is 457 g/mol. The van der Waals surface area contributed by atoms with Crippen LogP contribution in [0.4, 0.5) is 19.6 Å². The SMILES string of the molecule is CC(=O)N(c1ccccc1)c1nc(/C=C/C(=O)N(C)Cc2ccc(OC(F)F)cc2)cs1. The van der Waals surface area contributed by atoms with Crippen LogP contribution in [0.1, 0.15) is 18.2 Å². The van der Waals surface area contributed by atoms with E-state index in [1.807, 2.05) is 30.3 Å². The fraction of sp³-hybridized carbons (Fsp3) is 0.174. The highest BCUT2D eigenvalue weighted by atomic mass is 32.1. The van der Waals surface area contributed by atoms with Crippen LogP contribution in [0.5, 0.6) is 5.75 Å². The van der Waals surface area contributed by atoms with Crippen molar-refractivity contribution in [3.63, 3.8) is 0 Å². The number of rotatable bonds is 8. The van der Waals surface area contributed by atoms with Gasteiger partial charge in [0.1, 0.15) is 5.75 Å². The van der Waals surface area contributed by atoms with Crippen LogP contribution >= 0.6 is 11.3 Å². The number of carbonyl (C=O) groups excluding carboxylic acids is 2. The first-order chi connectivity index (χ1) is 15.3. The smallest absolute Gasteiger partial charge is 0.387 e. The normalized spacial score (nSPS) is 11.0. The fourth-order valence-electron chi connectivity index (χ4n) is 2.87. The Hall–Kier alpha value is -3.59. The van der Waals surface area contributed by atoms with Crippen LogP contribution in [0, 0.1) is 0 Å². The number of aromatic nitrogens is 1. The second-order valence-corrected chi connectivity index (χ2v) is 7.63. The number of para-hydroxylation sites is 1. The minimum absolute atomic E-state index is 0.0621. The fourth-order valence-corrected chi connectivity index (χ4v) is 3.73. The number of nitrogens with zero attached hydrogens (tertiary/aromatic N) is 3. The van der Waals surface area contributed by atoms with E-state index in [1.165, 1.54) is 46.3 Å². The van der Waals surface area contributed by atoms with Crippen molar-refractivity contribution in [2.75, 3.05) is 11.9 Å². The van der Waals surface area contributed by atoms with Crippen LogP contribution in [-0.4, -0.2) is 35.4 Å². The molecule has 0 saturated heterocycles. The van der Waals surface area contributed by atoms with Crippen molar-refractivity contribution in [2.45, 2.75) is 20.1 Å². The molecule has 0 aliphatic rings. The molecule has 2 aromatic carbocycles. The number of ether oxygens (including phenoxy) is 1. The summed E-state index contributed by atoms with van der Waals surface area (Å²) >= 11 is 1.30. The van der Waals surface area contributed by atoms with Gasteiger partial charge in [0.15, 0.2) is 5.13 Å². The third-order valence-corrected chi connectivity index (χ3v) is 5.22. The molecule has 0 atom stereocenters. The van der Waals surface area contributed by atoms with Crippen molar-refractivity contribution in [1.82, 2.24) is 9.88 Å². The van der Waals surface area contributed by atoms with Crippen molar-refractivity contribution in [3.05, 3.63) is 77.3 Å². The lowest BCUT2D eigenvalue weighted by Crippen LogP contribution is -2.24. The van der Waals surface area contributed by atoms with Gasteiger partial charge in [0.2, 0.25) is 11.8 Å². The van der Waals surface area contributed by atoms with Crippen molar-refractivity contribution < 1.29 is 23.1 Å². The number of carbonyl (C=O) groups is 2. The zero-order valence-corrected chi connectivity index (χ0v) is 18.3. The van der Waals surface area contributed by atoms with Gasteiger partial charge in [-0.15, -0.1) is 11.3 Å². The standard InChI is InChI=1S/C23H21F2N3O3S/c1-16(29)28(19-6-4-3-5-7-19)23-26-18(15-32-23)10-13-21(30)27(2)14-17-8-11-20(12-9-17)31-22(24)25/h3-13,15,22H,14H2,1-2H3/b13-10+. The molecule has 166 valence electrons. The van der Waals surface area contributed by atoms with E-state index in [1.54, 1.807) is 30.6 Å². The lowest BCUT2D eigenvalue weighted by molar-refractivity contribution is -0.125. The molecule has 32 heavy (non-hydrogen) atoms. The predicted molar refractivity (Wildman–Crippen MR) is 120 cm³/mol. The van der Waals surface area contributed by atoms with Crippen LogP contribution < -0.4 is 9.64 Å². The maximum absolute atomic E-state index is 12.4. The number of alkyl halides is 2. The van der Waals surface area contributed by atoms with Gasteiger partial charge in [0, 0.05) is 32.0 Å². The summed E-state index contributed by atoms with van der Waals surface area (Å²) in [6.07, 6.45) is 2.98. The van der Waals surface area contributed by atoms with Crippen molar-refractivity contribution in [1.29, 1.82) is 0 Å². The molecule has 1 heterocycles. The predicted octanol–water partition coefficient (Wildman–Crippen LogP) is 5.10. The topological polar surface area (TPSA) is 62.7 Å². The maximum Gasteiger partial charge on any atom is 0.387 e. The molecule has 0 unspecified atom stereocenters. The molecule has 1 aromatic heterocycles. The Kier molecular flexibility index (Phi) is 7.67. The largest absolute Gasteiger partial charge is 0.435 e. The highest BCUT2D eigenvalue weighted by Crippen LogP contribution is 2.29. The number of likely N-dealkylation sites (N-methyl/N-ethyl adjacent to an activating group) is 1. The summed E-state index contributed by atoms with van der Waals surface area (Å²) in [5, 5.41) is 2.27. The van der Waals surface area contributed by atoms with Gasteiger partial charge in [-0.1, -0.05) is 30.3 Å². The van der Waals surface area contributed by atoms with Crippen molar-refractivity contribution in [2.24, 2.45) is 0 Å². The molecule has 0 radical (unpaired) electrons. The molecule has 0 aliphatic carbocycles. The molecule has 0 aliphatic heterocycles. The summed E-state index contributed by atoms with van der Waals surface area (Å²) in [5.41, 5.74) is 2.04. The lowest BCUT2D eigenvalue weighted by atomic mass is 10.2. The van der Waals surface area contributed by atoms with Gasteiger partial charge in [-0.25, -0.2) is 4.98 Å². The molecule has 0 spiro atoms. The Morgan fingerprint density at radius 1 is 1.12 bits per heavy atom. The number of hydrogen-bond acceptors (Lipinski definition) is 5. The Bertz CT molecular complexity index is 1090. The summed E-state index contributed by atoms with van der Waals surface area (Å²) in [6, 6.07) is 15.3. The average Bonchev–Trinajstić information content (AvgIpc) is 3.22. The molecule has 0 bridgehead atoms. The van der Waals surface area contributed by atoms with Gasteiger partial charge in [-0.05, 0) is 35.9 Å². The number of thiazole rings is 1. The third kappa shape index (κ3) is 6.21. The van der Waals surface area contributed by atoms with E-state index in [9.17, 15) is 18.4 Å². The van der Waals surface area contributed by atoms with Gasteiger partial charge >= 0.3 is 6.61 Å². The van der Waals surface area contributed by atoms with E-state index < -0.39 is 6.61 Å². The molecule has 9 heteroatoms.